The van der Waals surface area contributed by atoms with E-state index in [4.69, 9.17) is 5.11 Å². The summed E-state index contributed by atoms with van der Waals surface area (Å²) in [6, 6.07) is 2.80. The molecule has 1 amide bonds. The lowest BCUT2D eigenvalue weighted by Crippen LogP contribution is -2.20. The fourth-order valence-corrected chi connectivity index (χ4v) is 0.958. The molecule has 0 fully saturated rings. The molecule has 0 aliphatic rings. The van der Waals surface area contributed by atoms with E-state index < -0.39 is 5.97 Å². The zero-order chi connectivity index (χ0) is 11.3. The van der Waals surface area contributed by atoms with E-state index in [1.807, 2.05) is 0 Å². The molecule has 5 heteroatoms. The standard InChI is InChI=1S/C10H10N2O3/c1-2-9(13)12-6-8-5-7(10(14)15)3-4-11-8/h2-5H,1,6H2,(H,12,13)(H,14,15). The van der Waals surface area contributed by atoms with Crippen molar-refractivity contribution in [1.82, 2.24) is 10.3 Å². The minimum atomic E-state index is -1.02. The third kappa shape index (κ3) is 3.22. The van der Waals surface area contributed by atoms with Crippen molar-refractivity contribution in [2.45, 2.75) is 6.54 Å². The number of pyridine rings is 1. The van der Waals surface area contributed by atoms with Gasteiger partial charge in [0, 0.05) is 6.20 Å². The minimum absolute atomic E-state index is 0.146. The smallest absolute Gasteiger partial charge is 0.335 e. The summed E-state index contributed by atoms with van der Waals surface area (Å²) in [5.74, 6) is -1.34. The molecule has 1 aromatic heterocycles. The second-order valence-corrected chi connectivity index (χ2v) is 2.76. The Balaban J connectivity index is 2.69. The van der Waals surface area contributed by atoms with Crippen molar-refractivity contribution >= 4 is 11.9 Å². The molecule has 1 aromatic rings. The van der Waals surface area contributed by atoms with Crippen LogP contribution in [0.15, 0.2) is 31.0 Å². The van der Waals surface area contributed by atoms with Crippen molar-refractivity contribution in [2.24, 2.45) is 0 Å². The Morgan fingerprint density at radius 3 is 2.93 bits per heavy atom. The monoisotopic (exact) mass is 206 g/mol. The quantitative estimate of drug-likeness (QED) is 0.706. The fraction of sp³-hybridized carbons (Fsp3) is 0.100. The Hall–Kier alpha value is -2.17. The van der Waals surface area contributed by atoms with Gasteiger partial charge in [0.15, 0.2) is 0 Å². The van der Waals surface area contributed by atoms with Crippen LogP contribution in [0.3, 0.4) is 0 Å². The molecular formula is C10H10N2O3. The number of hydrogen-bond acceptors (Lipinski definition) is 3. The largest absolute Gasteiger partial charge is 0.478 e. The highest BCUT2D eigenvalue weighted by Gasteiger charge is 2.04. The highest BCUT2D eigenvalue weighted by Crippen LogP contribution is 2.01. The van der Waals surface area contributed by atoms with E-state index in [9.17, 15) is 9.59 Å². The highest BCUT2D eigenvalue weighted by molar-refractivity contribution is 5.88. The number of carboxylic acids is 1. The van der Waals surface area contributed by atoms with Gasteiger partial charge in [-0.1, -0.05) is 6.58 Å². The lowest BCUT2D eigenvalue weighted by molar-refractivity contribution is -0.116. The van der Waals surface area contributed by atoms with Crippen LogP contribution in [0.5, 0.6) is 0 Å². The average Bonchev–Trinajstić information content (AvgIpc) is 2.26. The van der Waals surface area contributed by atoms with Crippen LogP contribution in [-0.2, 0) is 11.3 Å². The van der Waals surface area contributed by atoms with Gasteiger partial charge in [0.05, 0.1) is 17.8 Å². The van der Waals surface area contributed by atoms with Gasteiger partial charge in [-0.3, -0.25) is 9.78 Å². The molecule has 0 aliphatic heterocycles. The Bertz CT molecular complexity index is 401. The van der Waals surface area contributed by atoms with E-state index in [0.717, 1.165) is 6.08 Å². The first-order valence-corrected chi connectivity index (χ1v) is 4.22. The zero-order valence-corrected chi connectivity index (χ0v) is 7.93. The Morgan fingerprint density at radius 2 is 2.33 bits per heavy atom. The first kappa shape index (κ1) is 10.9. The normalized spacial score (nSPS) is 9.33. The van der Waals surface area contributed by atoms with Crippen molar-refractivity contribution < 1.29 is 14.7 Å². The van der Waals surface area contributed by atoms with Crippen molar-refractivity contribution in [1.29, 1.82) is 0 Å². The molecular weight excluding hydrogens is 196 g/mol. The predicted octanol–water partition coefficient (Wildman–Crippen LogP) is 0.582. The molecule has 15 heavy (non-hydrogen) atoms. The average molecular weight is 206 g/mol. The van der Waals surface area contributed by atoms with E-state index in [-0.39, 0.29) is 18.0 Å². The molecule has 0 saturated carbocycles. The number of rotatable bonds is 4. The number of aromatic nitrogens is 1. The molecule has 0 saturated heterocycles. The number of amides is 1. The third-order valence-electron chi connectivity index (χ3n) is 1.69. The summed E-state index contributed by atoms with van der Waals surface area (Å²) in [7, 11) is 0. The van der Waals surface area contributed by atoms with Crippen molar-refractivity contribution in [3.8, 4) is 0 Å². The maximum atomic E-state index is 10.8. The van der Waals surface area contributed by atoms with Gasteiger partial charge in [0.2, 0.25) is 5.91 Å². The number of aromatic carboxylic acids is 1. The van der Waals surface area contributed by atoms with Crippen molar-refractivity contribution in [3.05, 3.63) is 42.2 Å². The van der Waals surface area contributed by atoms with E-state index in [1.165, 1.54) is 18.3 Å². The summed E-state index contributed by atoms with van der Waals surface area (Å²) in [6.45, 7) is 3.48. The molecule has 5 nitrogen and oxygen atoms in total. The van der Waals surface area contributed by atoms with Gasteiger partial charge in [0.1, 0.15) is 0 Å². The molecule has 0 atom stereocenters. The maximum Gasteiger partial charge on any atom is 0.335 e. The first-order chi connectivity index (χ1) is 7.13. The van der Waals surface area contributed by atoms with E-state index in [1.54, 1.807) is 0 Å². The lowest BCUT2D eigenvalue weighted by Gasteiger charge is -2.02. The second kappa shape index (κ2) is 4.90. The van der Waals surface area contributed by atoms with Gasteiger partial charge in [-0.2, -0.15) is 0 Å². The summed E-state index contributed by atoms with van der Waals surface area (Å²) in [5.41, 5.74) is 0.637. The van der Waals surface area contributed by atoms with Gasteiger partial charge in [-0.05, 0) is 18.2 Å². The lowest BCUT2D eigenvalue weighted by atomic mass is 10.2. The van der Waals surface area contributed by atoms with Crippen LogP contribution in [0.25, 0.3) is 0 Å². The van der Waals surface area contributed by atoms with E-state index in [2.05, 4.69) is 16.9 Å². The molecule has 2 N–H and O–H groups in total. The molecule has 78 valence electrons. The molecule has 1 rings (SSSR count). The van der Waals surface area contributed by atoms with Crippen LogP contribution in [-0.4, -0.2) is 22.0 Å². The fourth-order valence-electron chi connectivity index (χ4n) is 0.958. The molecule has 0 aromatic carbocycles. The number of carboxylic acid groups (broad SMARTS) is 1. The maximum absolute atomic E-state index is 10.8. The van der Waals surface area contributed by atoms with Gasteiger partial charge < -0.3 is 10.4 Å². The Labute approximate surface area is 86.5 Å². The molecule has 0 unspecified atom stereocenters. The summed E-state index contributed by atoms with van der Waals surface area (Å²) < 4.78 is 0. The number of carbonyl (C=O) groups excluding carboxylic acids is 1. The molecule has 0 spiro atoms. The summed E-state index contributed by atoms with van der Waals surface area (Å²) in [4.78, 5) is 25.4. The Morgan fingerprint density at radius 1 is 1.60 bits per heavy atom. The van der Waals surface area contributed by atoms with Gasteiger partial charge in [-0.15, -0.1) is 0 Å². The molecule has 1 heterocycles. The summed E-state index contributed by atoms with van der Waals surface area (Å²) in [6.07, 6.45) is 2.53. The topological polar surface area (TPSA) is 79.3 Å². The van der Waals surface area contributed by atoms with Crippen LogP contribution < -0.4 is 5.32 Å². The first-order valence-electron chi connectivity index (χ1n) is 4.22. The highest BCUT2D eigenvalue weighted by atomic mass is 16.4. The van der Waals surface area contributed by atoms with E-state index >= 15 is 0 Å². The Kier molecular flexibility index (Phi) is 3.56. The second-order valence-electron chi connectivity index (χ2n) is 2.76. The van der Waals surface area contributed by atoms with Crippen LogP contribution >= 0.6 is 0 Å². The van der Waals surface area contributed by atoms with Crippen LogP contribution in [0.1, 0.15) is 16.1 Å². The molecule has 0 aliphatic carbocycles. The van der Waals surface area contributed by atoms with Crippen LogP contribution in [0, 0.1) is 0 Å². The number of nitrogens with one attached hydrogen (secondary N) is 1. The van der Waals surface area contributed by atoms with Crippen molar-refractivity contribution in [3.63, 3.8) is 0 Å². The zero-order valence-electron chi connectivity index (χ0n) is 7.93. The summed E-state index contributed by atoms with van der Waals surface area (Å²) >= 11 is 0. The number of nitrogens with zero attached hydrogens (tertiary/aromatic N) is 1. The third-order valence-corrected chi connectivity index (χ3v) is 1.69. The number of carbonyl (C=O) groups is 2. The van der Waals surface area contributed by atoms with Gasteiger partial charge in [-0.25, -0.2) is 4.79 Å². The van der Waals surface area contributed by atoms with Crippen LogP contribution in [0.2, 0.25) is 0 Å². The van der Waals surface area contributed by atoms with Gasteiger partial charge in [0.25, 0.3) is 0 Å². The SMILES string of the molecule is C=CC(=O)NCc1cc(C(=O)O)ccn1. The molecule has 0 radical (unpaired) electrons. The number of hydrogen-bond donors (Lipinski definition) is 2. The van der Waals surface area contributed by atoms with Gasteiger partial charge >= 0.3 is 5.97 Å². The summed E-state index contributed by atoms with van der Waals surface area (Å²) in [5, 5.41) is 11.2. The predicted molar refractivity (Wildman–Crippen MR) is 53.2 cm³/mol. The van der Waals surface area contributed by atoms with Crippen molar-refractivity contribution in [2.75, 3.05) is 0 Å². The molecule has 0 bridgehead atoms. The van der Waals surface area contributed by atoms with E-state index in [0.29, 0.717) is 5.69 Å². The van der Waals surface area contributed by atoms with Crippen LogP contribution in [0.4, 0.5) is 0 Å². The minimum Gasteiger partial charge on any atom is -0.478 e.